The average molecular weight is 382 g/mol. The van der Waals surface area contributed by atoms with Crippen LogP contribution in [0.3, 0.4) is 0 Å². The molecule has 148 valence electrons. The lowest BCUT2D eigenvalue weighted by Gasteiger charge is -2.14. The summed E-state index contributed by atoms with van der Waals surface area (Å²) in [7, 11) is 1.62. The number of anilines is 1. The van der Waals surface area contributed by atoms with Gasteiger partial charge in [-0.1, -0.05) is 12.1 Å². The second kappa shape index (κ2) is 9.64. The lowest BCUT2D eigenvalue weighted by Crippen LogP contribution is -2.30. The SMILES string of the molecule is CCNC(=NCc1cccc(C(=O)NC)c1)Nc1ccc2c(c1)OCCCO2. The molecule has 0 radical (unpaired) electrons. The number of fused-ring (bicyclic) bond motifs is 1. The summed E-state index contributed by atoms with van der Waals surface area (Å²) in [6, 6.07) is 13.2. The fraction of sp³-hybridized carbons (Fsp3) is 0.333. The van der Waals surface area contributed by atoms with Crippen molar-refractivity contribution in [1.82, 2.24) is 10.6 Å². The predicted octanol–water partition coefficient (Wildman–Crippen LogP) is 2.79. The van der Waals surface area contributed by atoms with Crippen molar-refractivity contribution in [2.75, 3.05) is 32.1 Å². The Morgan fingerprint density at radius 1 is 1.11 bits per heavy atom. The Morgan fingerprint density at radius 2 is 1.93 bits per heavy atom. The Balaban J connectivity index is 1.73. The van der Waals surface area contributed by atoms with Crippen molar-refractivity contribution in [1.29, 1.82) is 0 Å². The topological polar surface area (TPSA) is 84.0 Å². The van der Waals surface area contributed by atoms with Gasteiger partial charge >= 0.3 is 0 Å². The number of carbonyl (C=O) groups excluding carboxylic acids is 1. The molecule has 0 saturated carbocycles. The van der Waals surface area contributed by atoms with Gasteiger partial charge in [-0.05, 0) is 36.8 Å². The quantitative estimate of drug-likeness (QED) is 0.547. The first kappa shape index (κ1) is 19.5. The second-order valence-corrected chi connectivity index (χ2v) is 6.31. The van der Waals surface area contributed by atoms with E-state index in [4.69, 9.17) is 9.47 Å². The summed E-state index contributed by atoms with van der Waals surface area (Å²) < 4.78 is 11.4. The minimum absolute atomic E-state index is 0.108. The summed E-state index contributed by atoms with van der Waals surface area (Å²) in [5.74, 6) is 2.04. The van der Waals surface area contributed by atoms with E-state index in [0.29, 0.717) is 31.3 Å². The van der Waals surface area contributed by atoms with Crippen molar-refractivity contribution in [3.05, 3.63) is 53.6 Å². The molecule has 0 atom stereocenters. The summed E-state index contributed by atoms with van der Waals surface area (Å²) >= 11 is 0. The summed E-state index contributed by atoms with van der Waals surface area (Å²) in [5.41, 5.74) is 2.44. The first-order valence-corrected chi connectivity index (χ1v) is 9.45. The number of rotatable bonds is 5. The molecule has 0 unspecified atom stereocenters. The van der Waals surface area contributed by atoms with Gasteiger partial charge in [0.05, 0.1) is 19.8 Å². The molecule has 0 saturated heterocycles. The Morgan fingerprint density at radius 3 is 2.71 bits per heavy atom. The minimum atomic E-state index is -0.108. The molecule has 2 aromatic rings. The van der Waals surface area contributed by atoms with Crippen molar-refractivity contribution in [2.45, 2.75) is 19.9 Å². The van der Waals surface area contributed by atoms with Gasteiger partial charge in [-0.15, -0.1) is 0 Å². The van der Waals surface area contributed by atoms with E-state index in [1.807, 2.05) is 43.3 Å². The van der Waals surface area contributed by atoms with E-state index in [9.17, 15) is 4.79 Å². The van der Waals surface area contributed by atoms with Crippen LogP contribution in [0.5, 0.6) is 11.5 Å². The Bertz CT molecular complexity index is 851. The Hall–Kier alpha value is -3.22. The van der Waals surface area contributed by atoms with Gasteiger partial charge in [0, 0.05) is 37.3 Å². The van der Waals surface area contributed by atoms with Gasteiger partial charge in [0.2, 0.25) is 0 Å². The number of nitrogens with one attached hydrogen (secondary N) is 3. The third kappa shape index (κ3) is 5.16. The minimum Gasteiger partial charge on any atom is -0.490 e. The van der Waals surface area contributed by atoms with Gasteiger partial charge < -0.3 is 25.4 Å². The molecule has 3 rings (SSSR count). The molecule has 0 bridgehead atoms. The number of amides is 1. The van der Waals surface area contributed by atoms with Crippen molar-refractivity contribution in [3.63, 3.8) is 0 Å². The number of hydrogen-bond acceptors (Lipinski definition) is 4. The van der Waals surface area contributed by atoms with Crippen LogP contribution in [0.2, 0.25) is 0 Å². The number of ether oxygens (including phenoxy) is 2. The van der Waals surface area contributed by atoms with Crippen molar-refractivity contribution >= 4 is 17.6 Å². The molecule has 0 spiro atoms. The van der Waals surface area contributed by atoms with E-state index < -0.39 is 0 Å². The molecule has 0 aromatic heterocycles. The molecule has 7 heteroatoms. The number of benzene rings is 2. The first-order valence-electron chi connectivity index (χ1n) is 9.45. The van der Waals surface area contributed by atoms with E-state index in [-0.39, 0.29) is 5.91 Å². The van der Waals surface area contributed by atoms with E-state index in [2.05, 4.69) is 20.9 Å². The molecule has 7 nitrogen and oxygen atoms in total. The summed E-state index contributed by atoms with van der Waals surface area (Å²) in [6.07, 6.45) is 0.872. The van der Waals surface area contributed by atoms with E-state index in [0.717, 1.165) is 35.7 Å². The maximum Gasteiger partial charge on any atom is 0.251 e. The van der Waals surface area contributed by atoms with Crippen LogP contribution in [0.25, 0.3) is 0 Å². The Kier molecular flexibility index (Phi) is 6.73. The lowest BCUT2D eigenvalue weighted by molar-refractivity contribution is 0.0963. The van der Waals surface area contributed by atoms with Crippen molar-refractivity contribution in [2.24, 2.45) is 4.99 Å². The highest BCUT2D eigenvalue weighted by molar-refractivity contribution is 5.95. The molecule has 28 heavy (non-hydrogen) atoms. The summed E-state index contributed by atoms with van der Waals surface area (Å²) in [4.78, 5) is 16.4. The largest absolute Gasteiger partial charge is 0.490 e. The average Bonchev–Trinajstić information content (AvgIpc) is 2.97. The highest BCUT2D eigenvalue weighted by atomic mass is 16.5. The van der Waals surface area contributed by atoms with Crippen LogP contribution >= 0.6 is 0 Å². The maximum atomic E-state index is 11.8. The van der Waals surface area contributed by atoms with Crippen LogP contribution in [-0.2, 0) is 6.54 Å². The van der Waals surface area contributed by atoms with Crippen LogP contribution in [0.1, 0.15) is 29.3 Å². The van der Waals surface area contributed by atoms with Gasteiger partial charge in [-0.3, -0.25) is 4.79 Å². The Labute approximate surface area is 165 Å². The van der Waals surface area contributed by atoms with Crippen molar-refractivity contribution in [3.8, 4) is 11.5 Å². The van der Waals surface area contributed by atoms with E-state index >= 15 is 0 Å². The van der Waals surface area contributed by atoms with Crippen LogP contribution < -0.4 is 25.4 Å². The molecule has 2 aromatic carbocycles. The van der Waals surface area contributed by atoms with Gasteiger partial charge in [-0.25, -0.2) is 4.99 Å². The molecular weight excluding hydrogens is 356 g/mol. The fourth-order valence-electron chi connectivity index (χ4n) is 2.81. The highest BCUT2D eigenvalue weighted by Gasteiger charge is 2.11. The third-order valence-corrected chi connectivity index (χ3v) is 4.19. The lowest BCUT2D eigenvalue weighted by atomic mass is 10.1. The van der Waals surface area contributed by atoms with Crippen LogP contribution in [0.4, 0.5) is 5.69 Å². The molecule has 1 aliphatic heterocycles. The molecule has 0 fully saturated rings. The smallest absolute Gasteiger partial charge is 0.251 e. The van der Waals surface area contributed by atoms with Gasteiger partial charge in [0.25, 0.3) is 5.91 Å². The number of carbonyl (C=O) groups is 1. The normalized spacial score (nSPS) is 13.4. The van der Waals surface area contributed by atoms with E-state index in [1.165, 1.54) is 0 Å². The van der Waals surface area contributed by atoms with Gasteiger partial charge in [0.1, 0.15) is 0 Å². The zero-order chi connectivity index (χ0) is 19.8. The molecule has 1 aliphatic rings. The number of nitrogens with zero attached hydrogens (tertiary/aromatic N) is 1. The van der Waals surface area contributed by atoms with E-state index in [1.54, 1.807) is 13.1 Å². The van der Waals surface area contributed by atoms with Gasteiger partial charge in [0.15, 0.2) is 17.5 Å². The van der Waals surface area contributed by atoms with Crippen LogP contribution in [-0.4, -0.2) is 38.7 Å². The zero-order valence-electron chi connectivity index (χ0n) is 16.2. The molecule has 3 N–H and O–H groups in total. The van der Waals surface area contributed by atoms with Crippen molar-refractivity contribution < 1.29 is 14.3 Å². The summed E-state index contributed by atoms with van der Waals surface area (Å²) in [5, 5.41) is 9.16. The second-order valence-electron chi connectivity index (χ2n) is 6.31. The standard InChI is InChI=1S/C21H26N4O3/c1-3-23-21(24-14-15-6-4-7-16(12-15)20(26)22-2)25-17-8-9-18-19(13-17)28-11-5-10-27-18/h4,6-9,12-13H,3,5,10-11,14H2,1-2H3,(H,22,26)(H2,23,24,25). The highest BCUT2D eigenvalue weighted by Crippen LogP contribution is 2.32. The van der Waals surface area contributed by atoms with Crippen LogP contribution in [0, 0.1) is 0 Å². The number of guanidine groups is 1. The molecular formula is C21H26N4O3. The molecule has 1 heterocycles. The van der Waals surface area contributed by atoms with Crippen LogP contribution in [0.15, 0.2) is 47.5 Å². The third-order valence-electron chi connectivity index (χ3n) is 4.19. The predicted molar refractivity (Wildman–Crippen MR) is 110 cm³/mol. The number of hydrogen-bond donors (Lipinski definition) is 3. The summed E-state index contributed by atoms with van der Waals surface area (Å²) in [6.45, 7) is 4.50. The fourth-order valence-corrected chi connectivity index (χ4v) is 2.81. The molecule has 0 aliphatic carbocycles. The number of aliphatic imine (C=N–C) groups is 1. The monoisotopic (exact) mass is 382 g/mol. The molecule has 1 amide bonds. The maximum absolute atomic E-state index is 11.8. The zero-order valence-corrected chi connectivity index (χ0v) is 16.2. The van der Waals surface area contributed by atoms with Gasteiger partial charge in [-0.2, -0.15) is 0 Å². The first-order chi connectivity index (χ1) is 13.7.